The van der Waals surface area contributed by atoms with Crippen LogP contribution in [-0.4, -0.2) is 12.4 Å². The molecular formula is C15H23ClOS. The number of para-hydroxylation sites is 1. The minimum atomic E-state index is 0.698. The molecule has 0 saturated carbocycles. The highest BCUT2D eigenvalue weighted by molar-refractivity contribution is 7.80. The summed E-state index contributed by atoms with van der Waals surface area (Å²) in [5.74, 6) is 1.82. The number of rotatable bonds is 10. The molecule has 0 aliphatic carbocycles. The number of benzene rings is 1. The van der Waals surface area contributed by atoms with Crippen LogP contribution in [0.3, 0.4) is 0 Å². The Labute approximate surface area is 121 Å². The van der Waals surface area contributed by atoms with Crippen molar-refractivity contribution in [3.05, 3.63) is 29.3 Å². The van der Waals surface area contributed by atoms with Crippen molar-refractivity contribution in [1.29, 1.82) is 0 Å². The van der Waals surface area contributed by atoms with Gasteiger partial charge >= 0.3 is 0 Å². The van der Waals surface area contributed by atoms with Gasteiger partial charge in [-0.2, -0.15) is 12.6 Å². The summed E-state index contributed by atoms with van der Waals surface area (Å²) < 4.78 is 5.64. The molecule has 1 aromatic rings. The van der Waals surface area contributed by atoms with Gasteiger partial charge in [0.25, 0.3) is 0 Å². The van der Waals surface area contributed by atoms with Gasteiger partial charge in [0, 0.05) is 0 Å². The summed E-state index contributed by atoms with van der Waals surface area (Å²) in [4.78, 5) is 0. The fraction of sp³-hybridized carbons (Fsp3) is 0.600. The molecule has 0 aromatic heterocycles. The lowest BCUT2D eigenvalue weighted by atomic mass is 10.1. The second-order valence-corrected chi connectivity index (χ2v) is 5.33. The van der Waals surface area contributed by atoms with Gasteiger partial charge in [-0.15, -0.1) is 0 Å². The van der Waals surface area contributed by atoms with Crippen LogP contribution in [0.5, 0.6) is 5.75 Å². The van der Waals surface area contributed by atoms with Crippen molar-refractivity contribution >= 4 is 24.2 Å². The van der Waals surface area contributed by atoms with Gasteiger partial charge in [0.05, 0.1) is 11.6 Å². The molecule has 102 valence electrons. The van der Waals surface area contributed by atoms with Crippen LogP contribution in [0.25, 0.3) is 0 Å². The van der Waals surface area contributed by atoms with E-state index in [4.69, 9.17) is 16.3 Å². The van der Waals surface area contributed by atoms with E-state index in [1.54, 1.807) is 0 Å². The van der Waals surface area contributed by atoms with E-state index in [1.165, 1.54) is 38.5 Å². The van der Waals surface area contributed by atoms with E-state index in [-0.39, 0.29) is 0 Å². The summed E-state index contributed by atoms with van der Waals surface area (Å²) in [6.45, 7) is 0.764. The van der Waals surface area contributed by atoms with Crippen LogP contribution in [-0.2, 0) is 0 Å². The van der Waals surface area contributed by atoms with Crippen molar-refractivity contribution in [1.82, 2.24) is 0 Å². The predicted molar refractivity (Wildman–Crippen MR) is 83.1 cm³/mol. The molecule has 0 fully saturated rings. The smallest absolute Gasteiger partial charge is 0.137 e. The van der Waals surface area contributed by atoms with Crippen molar-refractivity contribution < 1.29 is 4.74 Å². The number of ether oxygens (including phenoxy) is 1. The van der Waals surface area contributed by atoms with Crippen LogP contribution in [0.4, 0.5) is 0 Å². The molecule has 0 aliphatic heterocycles. The van der Waals surface area contributed by atoms with Crippen molar-refractivity contribution in [2.75, 3.05) is 12.4 Å². The van der Waals surface area contributed by atoms with Crippen LogP contribution < -0.4 is 4.74 Å². The molecule has 0 amide bonds. The highest BCUT2D eigenvalue weighted by Gasteiger charge is 1.98. The lowest BCUT2D eigenvalue weighted by Gasteiger charge is -2.07. The minimum absolute atomic E-state index is 0.698. The van der Waals surface area contributed by atoms with E-state index in [0.717, 1.165) is 24.5 Å². The van der Waals surface area contributed by atoms with Crippen molar-refractivity contribution in [2.24, 2.45) is 0 Å². The maximum absolute atomic E-state index is 6.00. The van der Waals surface area contributed by atoms with Gasteiger partial charge in [-0.05, 0) is 30.7 Å². The Balaban J connectivity index is 1.94. The van der Waals surface area contributed by atoms with Crippen LogP contribution in [0, 0.1) is 0 Å². The number of unbranched alkanes of at least 4 members (excludes halogenated alkanes) is 6. The molecule has 0 atom stereocenters. The summed E-state index contributed by atoms with van der Waals surface area (Å²) in [6.07, 6.45) is 8.89. The van der Waals surface area contributed by atoms with Crippen LogP contribution in [0.1, 0.15) is 44.9 Å². The number of halogens is 1. The van der Waals surface area contributed by atoms with Crippen LogP contribution in [0.2, 0.25) is 5.02 Å². The monoisotopic (exact) mass is 286 g/mol. The molecule has 0 N–H and O–H groups in total. The van der Waals surface area contributed by atoms with E-state index in [2.05, 4.69) is 12.6 Å². The third-order valence-electron chi connectivity index (χ3n) is 2.90. The molecule has 0 bridgehead atoms. The first kappa shape index (κ1) is 15.7. The molecule has 3 heteroatoms. The van der Waals surface area contributed by atoms with Gasteiger partial charge in [-0.3, -0.25) is 0 Å². The maximum Gasteiger partial charge on any atom is 0.137 e. The van der Waals surface area contributed by atoms with Gasteiger partial charge in [-0.25, -0.2) is 0 Å². The Bertz CT molecular complexity index is 317. The summed E-state index contributed by atoms with van der Waals surface area (Å²) in [7, 11) is 0. The normalized spacial score (nSPS) is 10.6. The van der Waals surface area contributed by atoms with E-state index in [9.17, 15) is 0 Å². The molecule has 0 aliphatic rings. The molecule has 18 heavy (non-hydrogen) atoms. The van der Waals surface area contributed by atoms with Gasteiger partial charge < -0.3 is 4.74 Å². The molecule has 0 saturated heterocycles. The number of thiol groups is 1. The molecule has 0 unspecified atom stereocenters. The predicted octanol–water partition coefficient (Wildman–Crippen LogP) is 5.38. The largest absolute Gasteiger partial charge is 0.492 e. The first-order chi connectivity index (χ1) is 8.84. The second-order valence-electron chi connectivity index (χ2n) is 4.48. The fourth-order valence-electron chi connectivity index (χ4n) is 1.84. The maximum atomic E-state index is 6.00. The standard InChI is InChI=1S/C15H23ClOS/c16-14-10-6-7-11-15(14)17-12-8-4-2-1-3-5-9-13-18/h6-7,10-11,18H,1-5,8-9,12-13H2. The van der Waals surface area contributed by atoms with Crippen molar-refractivity contribution in [3.8, 4) is 5.75 Å². The van der Waals surface area contributed by atoms with Gasteiger partial charge in [-0.1, -0.05) is 55.8 Å². The summed E-state index contributed by atoms with van der Waals surface area (Å²) in [6, 6.07) is 7.64. The van der Waals surface area contributed by atoms with Crippen molar-refractivity contribution in [2.45, 2.75) is 44.9 Å². The summed E-state index contributed by atoms with van der Waals surface area (Å²) in [5, 5.41) is 0.698. The Hall–Kier alpha value is -0.340. The van der Waals surface area contributed by atoms with E-state index in [1.807, 2.05) is 24.3 Å². The summed E-state index contributed by atoms with van der Waals surface area (Å²) in [5.41, 5.74) is 0. The van der Waals surface area contributed by atoms with Gasteiger partial charge in [0.1, 0.15) is 5.75 Å². The first-order valence-electron chi connectivity index (χ1n) is 6.83. The minimum Gasteiger partial charge on any atom is -0.492 e. The zero-order chi connectivity index (χ0) is 13.1. The van der Waals surface area contributed by atoms with E-state index >= 15 is 0 Å². The lowest BCUT2D eigenvalue weighted by molar-refractivity contribution is 0.304. The topological polar surface area (TPSA) is 9.23 Å². The van der Waals surface area contributed by atoms with Crippen molar-refractivity contribution in [3.63, 3.8) is 0 Å². The van der Waals surface area contributed by atoms with Gasteiger partial charge in [0.2, 0.25) is 0 Å². The lowest BCUT2D eigenvalue weighted by Crippen LogP contribution is -1.97. The third kappa shape index (κ3) is 7.17. The number of hydrogen-bond donors (Lipinski definition) is 1. The highest BCUT2D eigenvalue weighted by Crippen LogP contribution is 2.23. The Morgan fingerprint density at radius 1 is 0.889 bits per heavy atom. The zero-order valence-corrected chi connectivity index (χ0v) is 12.6. The Morgan fingerprint density at radius 3 is 2.17 bits per heavy atom. The molecule has 0 radical (unpaired) electrons. The SMILES string of the molecule is SCCCCCCCCCOc1ccccc1Cl. The molecule has 1 aromatic carbocycles. The Morgan fingerprint density at radius 2 is 1.50 bits per heavy atom. The zero-order valence-electron chi connectivity index (χ0n) is 10.9. The van der Waals surface area contributed by atoms with E-state index < -0.39 is 0 Å². The van der Waals surface area contributed by atoms with Crippen LogP contribution >= 0.6 is 24.2 Å². The first-order valence-corrected chi connectivity index (χ1v) is 7.84. The van der Waals surface area contributed by atoms with Gasteiger partial charge in [0.15, 0.2) is 0 Å². The second kappa shape index (κ2) is 10.6. The Kier molecular flexibility index (Phi) is 9.23. The molecular weight excluding hydrogens is 264 g/mol. The average molecular weight is 287 g/mol. The fourth-order valence-corrected chi connectivity index (χ4v) is 2.26. The molecule has 1 nitrogen and oxygen atoms in total. The highest BCUT2D eigenvalue weighted by atomic mass is 35.5. The molecule has 0 heterocycles. The molecule has 0 spiro atoms. The quantitative estimate of drug-likeness (QED) is 0.449. The number of hydrogen-bond acceptors (Lipinski definition) is 2. The van der Waals surface area contributed by atoms with E-state index in [0.29, 0.717) is 5.02 Å². The van der Waals surface area contributed by atoms with Crippen LogP contribution in [0.15, 0.2) is 24.3 Å². The summed E-state index contributed by atoms with van der Waals surface area (Å²) >= 11 is 10.2. The molecule has 1 rings (SSSR count). The third-order valence-corrected chi connectivity index (χ3v) is 3.53. The average Bonchev–Trinajstić information content (AvgIpc) is 2.39.